The molecule has 0 aliphatic rings. The fourth-order valence-corrected chi connectivity index (χ4v) is 1.68. The summed E-state index contributed by atoms with van der Waals surface area (Å²) in [5.74, 6) is -0.655. The van der Waals surface area contributed by atoms with Crippen molar-refractivity contribution in [1.82, 2.24) is 4.98 Å². The fraction of sp³-hybridized carbons (Fsp3) is 0.0769. The highest BCUT2D eigenvalue weighted by Crippen LogP contribution is 2.31. The van der Waals surface area contributed by atoms with Gasteiger partial charge in [0.15, 0.2) is 0 Å². The Labute approximate surface area is 106 Å². The molecule has 1 aromatic heterocycles. The van der Waals surface area contributed by atoms with Crippen molar-refractivity contribution in [1.29, 1.82) is 0 Å². The van der Waals surface area contributed by atoms with Crippen molar-refractivity contribution in [3.63, 3.8) is 0 Å². The number of hydrogen-bond donors (Lipinski definition) is 1. The molecule has 1 heterocycles. The van der Waals surface area contributed by atoms with Gasteiger partial charge in [0.1, 0.15) is 0 Å². The van der Waals surface area contributed by atoms with E-state index in [2.05, 4.69) is 4.98 Å². The number of pyridine rings is 1. The minimum absolute atomic E-state index is 0.217. The predicted octanol–water partition coefficient (Wildman–Crippen LogP) is 2.87. The fourth-order valence-electron chi connectivity index (χ4n) is 1.68. The molecule has 0 atom stereocenters. The Morgan fingerprint density at radius 2 is 1.74 bits per heavy atom. The van der Waals surface area contributed by atoms with E-state index in [0.29, 0.717) is 11.1 Å². The predicted molar refractivity (Wildman–Crippen MR) is 63.2 cm³/mol. The number of alkyl halides is 3. The van der Waals surface area contributed by atoms with E-state index < -0.39 is 17.6 Å². The number of nitrogens with zero attached hydrogens (tertiary/aromatic N) is 1. The molecule has 1 amide bonds. The summed E-state index contributed by atoms with van der Waals surface area (Å²) in [6, 6.07) is 5.90. The number of carbonyl (C=O) groups excluding carboxylic acids is 1. The van der Waals surface area contributed by atoms with Gasteiger partial charge in [0, 0.05) is 23.5 Å². The van der Waals surface area contributed by atoms with Gasteiger partial charge in [-0.15, -0.1) is 0 Å². The van der Waals surface area contributed by atoms with Gasteiger partial charge < -0.3 is 5.73 Å². The van der Waals surface area contributed by atoms with Crippen molar-refractivity contribution >= 4 is 5.91 Å². The number of nitrogens with two attached hydrogens (primary N) is 1. The van der Waals surface area contributed by atoms with Crippen LogP contribution in [0.4, 0.5) is 13.2 Å². The molecule has 0 spiro atoms. The Hall–Kier alpha value is -2.37. The second-order valence-electron chi connectivity index (χ2n) is 3.86. The summed E-state index contributed by atoms with van der Waals surface area (Å²) in [5.41, 5.74) is 5.53. The van der Waals surface area contributed by atoms with Gasteiger partial charge >= 0.3 is 6.18 Å². The van der Waals surface area contributed by atoms with E-state index in [0.717, 1.165) is 12.1 Å². The zero-order chi connectivity index (χ0) is 14.0. The van der Waals surface area contributed by atoms with E-state index in [1.54, 1.807) is 0 Å². The molecule has 2 N–H and O–H groups in total. The highest BCUT2D eigenvalue weighted by Gasteiger charge is 2.30. The summed E-state index contributed by atoms with van der Waals surface area (Å²) in [6.45, 7) is 0. The van der Waals surface area contributed by atoms with Crippen molar-refractivity contribution in [2.75, 3.05) is 0 Å². The molecule has 0 fully saturated rings. The van der Waals surface area contributed by atoms with Crippen LogP contribution in [-0.4, -0.2) is 10.9 Å². The Balaban J connectivity index is 2.46. The number of primary amides is 1. The van der Waals surface area contributed by atoms with Gasteiger partial charge in [-0.05, 0) is 23.8 Å². The maximum atomic E-state index is 12.4. The SMILES string of the molecule is NC(=O)c1ccncc1-c1ccc(C(F)(F)F)cc1. The minimum atomic E-state index is -4.39. The molecule has 0 aliphatic carbocycles. The molecule has 2 rings (SSSR count). The van der Waals surface area contributed by atoms with Crippen molar-refractivity contribution in [3.8, 4) is 11.1 Å². The van der Waals surface area contributed by atoms with E-state index in [4.69, 9.17) is 5.73 Å². The first kappa shape index (κ1) is 13.1. The van der Waals surface area contributed by atoms with Crippen molar-refractivity contribution in [2.45, 2.75) is 6.18 Å². The molecular formula is C13H9F3N2O. The lowest BCUT2D eigenvalue weighted by Gasteiger charge is -2.09. The quantitative estimate of drug-likeness (QED) is 0.908. The molecule has 3 nitrogen and oxygen atoms in total. The third-order valence-electron chi connectivity index (χ3n) is 2.61. The van der Waals surface area contributed by atoms with Gasteiger partial charge in [-0.2, -0.15) is 13.2 Å². The van der Waals surface area contributed by atoms with Crippen LogP contribution in [0.1, 0.15) is 15.9 Å². The van der Waals surface area contributed by atoms with Gasteiger partial charge in [0.2, 0.25) is 5.91 Å². The van der Waals surface area contributed by atoms with Gasteiger partial charge in [-0.25, -0.2) is 0 Å². The summed E-state index contributed by atoms with van der Waals surface area (Å²) in [5, 5.41) is 0. The molecule has 0 bridgehead atoms. The minimum Gasteiger partial charge on any atom is -0.366 e. The number of halogens is 3. The smallest absolute Gasteiger partial charge is 0.366 e. The molecule has 98 valence electrons. The number of benzene rings is 1. The second kappa shape index (κ2) is 4.72. The molecule has 0 radical (unpaired) electrons. The zero-order valence-corrected chi connectivity index (χ0v) is 9.61. The second-order valence-corrected chi connectivity index (χ2v) is 3.86. The molecule has 0 aliphatic heterocycles. The largest absolute Gasteiger partial charge is 0.416 e. The molecule has 2 aromatic rings. The molecule has 0 saturated carbocycles. The normalized spacial score (nSPS) is 11.3. The Bertz CT molecular complexity index is 606. The van der Waals surface area contributed by atoms with Crippen LogP contribution in [0.25, 0.3) is 11.1 Å². The zero-order valence-electron chi connectivity index (χ0n) is 9.61. The van der Waals surface area contributed by atoms with Gasteiger partial charge in [-0.3, -0.25) is 9.78 Å². The standard InChI is InChI=1S/C13H9F3N2O/c14-13(15,16)9-3-1-8(2-4-9)11-7-18-6-5-10(11)12(17)19/h1-7H,(H2,17,19). The summed E-state index contributed by atoms with van der Waals surface area (Å²) in [7, 11) is 0. The molecular weight excluding hydrogens is 257 g/mol. The molecule has 0 unspecified atom stereocenters. The van der Waals surface area contributed by atoms with Gasteiger partial charge in [0.25, 0.3) is 0 Å². The Kier molecular flexibility index (Phi) is 3.25. The molecule has 19 heavy (non-hydrogen) atoms. The number of aromatic nitrogens is 1. The van der Waals surface area contributed by atoms with Crippen molar-refractivity contribution in [2.24, 2.45) is 5.73 Å². The topological polar surface area (TPSA) is 56.0 Å². The van der Waals surface area contributed by atoms with Crippen LogP contribution in [0.3, 0.4) is 0 Å². The van der Waals surface area contributed by atoms with Gasteiger partial charge in [-0.1, -0.05) is 12.1 Å². The van der Waals surface area contributed by atoms with Crippen molar-refractivity contribution < 1.29 is 18.0 Å². The summed E-state index contributed by atoms with van der Waals surface area (Å²) < 4.78 is 37.3. The summed E-state index contributed by atoms with van der Waals surface area (Å²) in [6.07, 6.45) is -1.60. The Morgan fingerprint density at radius 3 is 2.26 bits per heavy atom. The third-order valence-corrected chi connectivity index (χ3v) is 2.61. The lowest BCUT2D eigenvalue weighted by molar-refractivity contribution is -0.137. The summed E-state index contributed by atoms with van der Waals surface area (Å²) in [4.78, 5) is 15.1. The van der Waals surface area contributed by atoms with Crippen LogP contribution < -0.4 is 5.73 Å². The summed E-state index contributed by atoms with van der Waals surface area (Å²) >= 11 is 0. The first-order valence-electron chi connectivity index (χ1n) is 5.31. The first-order valence-corrected chi connectivity index (χ1v) is 5.31. The third kappa shape index (κ3) is 2.73. The molecule has 1 aromatic carbocycles. The maximum Gasteiger partial charge on any atom is 0.416 e. The average Bonchev–Trinajstić information content (AvgIpc) is 2.38. The van der Waals surface area contributed by atoms with Crippen LogP contribution in [0, 0.1) is 0 Å². The first-order chi connectivity index (χ1) is 8.89. The Morgan fingerprint density at radius 1 is 1.11 bits per heavy atom. The number of carbonyl (C=O) groups is 1. The number of hydrogen-bond acceptors (Lipinski definition) is 2. The lowest BCUT2D eigenvalue weighted by Crippen LogP contribution is -2.12. The van der Waals surface area contributed by atoms with Crippen LogP contribution in [-0.2, 0) is 6.18 Å². The van der Waals surface area contributed by atoms with E-state index in [1.807, 2.05) is 0 Å². The monoisotopic (exact) mass is 266 g/mol. The van der Waals surface area contributed by atoms with E-state index >= 15 is 0 Å². The van der Waals surface area contributed by atoms with E-state index in [1.165, 1.54) is 30.6 Å². The van der Waals surface area contributed by atoms with Crippen LogP contribution in [0.2, 0.25) is 0 Å². The molecule has 0 saturated heterocycles. The van der Waals surface area contributed by atoms with E-state index in [-0.39, 0.29) is 5.56 Å². The highest BCUT2D eigenvalue weighted by atomic mass is 19.4. The van der Waals surface area contributed by atoms with Crippen LogP contribution in [0.5, 0.6) is 0 Å². The maximum absolute atomic E-state index is 12.4. The van der Waals surface area contributed by atoms with Gasteiger partial charge in [0.05, 0.1) is 5.56 Å². The van der Waals surface area contributed by atoms with E-state index in [9.17, 15) is 18.0 Å². The highest BCUT2D eigenvalue weighted by molar-refractivity contribution is 5.99. The average molecular weight is 266 g/mol. The number of amides is 1. The molecule has 6 heteroatoms. The van der Waals surface area contributed by atoms with Crippen molar-refractivity contribution in [3.05, 3.63) is 53.9 Å². The van der Waals surface area contributed by atoms with Crippen LogP contribution >= 0.6 is 0 Å². The number of rotatable bonds is 2. The lowest BCUT2D eigenvalue weighted by atomic mass is 10.0. The van der Waals surface area contributed by atoms with Crippen LogP contribution in [0.15, 0.2) is 42.7 Å².